The summed E-state index contributed by atoms with van der Waals surface area (Å²) in [6.07, 6.45) is 3.80. The van der Waals surface area contributed by atoms with Crippen LogP contribution in [0.25, 0.3) is 0 Å². The maximum atomic E-state index is 12.3. The number of aromatic carboxylic acids is 1. The number of carbonyl (C=O) groups excluding carboxylic acids is 1. The van der Waals surface area contributed by atoms with E-state index in [4.69, 9.17) is 5.11 Å². The summed E-state index contributed by atoms with van der Waals surface area (Å²) in [6, 6.07) is 4.21. The zero-order chi connectivity index (χ0) is 15.0. The van der Waals surface area contributed by atoms with Crippen LogP contribution in [0.4, 0.5) is 0 Å². The highest BCUT2D eigenvalue weighted by atomic mass is 32.1. The van der Waals surface area contributed by atoms with Crippen LogP contribution < -0.4 is 0 Å². The molecule has 2 saturated heterocycles. The molecular weight excluding hydrogens is 288 g/mol. The molecule has 0 bridgehead atoms. The molecule has 5 nitrogen and oxygen atoms in total. The van der Waals surface area contributed by atoms with Crippen LogP contribution in [-0.4, -0.2) is 58.5 Å². The Morgan fingerprint density at radius 1 is 1.24 bits per heavy atom. The Morgan fingerprint density at radius 2 is 1.95 bits per heavy atom. The first-order valence-electron chi connectivity index (χ1n) is 7.44. The van der Waals surface area contributed by atoms with Gasteiger partial charge in [-0.1, -0.05) is 6.42 Å². The van der Waals surface area contributed by atoms with Crippen molar-refractivity contribution in [3.05, 3.63) is 21.9 Å². The Kier molecular flexibility index (Phi) is 3.99. The van der Waals surface area contributed by atoms with Crippen molar-refractivity contribution in [3.8, 4) is 0 Å². The number of carbonyl (C=O) groups is 2. The molecule has 0 saturated carbocycles. The lowest BCUT2D eigenvalue weighted by molar-refractivity contribution is 0.00240. The van der Waals surface area contributed by atoms with E-state index in [1.165, 1.54) is 25.3 Å². The van der Waals surface area contributed by atoms with Gasteiger partial charge in [0.1, 0.15) is 4.88 Å². The van der Waals surface area contributed by atoms with Gasteiger partial charge in [-0.25, -0.2) is 4.79 Å². The fraction of sp³-hybridized carbons (Fsp3) is 0.600. The SMILES string of the molecule is CC1CCCCN1C1CN(C(=O)c2ccc(C(=O)O)s2)C1. The molecule has 1 unspecified atom stereocenters. The lowest BCUT2D eigenvalue weighted by Gasteiger charge is -2.49. The molecule has 0 spiro atoms. The third-order valence-corrected chi connectivity index (χ3v) is 5.56. The molecule has 3 heterocycles. The van der Waals surface area contributed by atoms with Crippen molar-refractivity contribution in [2.45, 2.75) is 38.3 Å². The first-order valence-corrected chi connectivity index (χ1v) is 8.26. The minimum absolute atomic E-state index is 0.0339. The number of hydrogen-bond acceptors (Lipinski definition) is 4. The maximum absolute atomic E-state index is 12.3. The third kappa shape index (κ3) is 2.82. The molecule has 1 aromatic rings. The van der Waals surface area contributed by atoms with Gasteiger partial charge in [-0.15, -0.1) is 11.3 Å². The van der Waals surface area contributed by atoms with E-state index in [0.29, 0.717) is 17.0 Å². The van der Waals surface area contributed by atoms with Crippen molar-refractivity contribution < 1.29 is 14.7 Å². The molecule has 0 aliphatic carbocycles. The van der Waals surface area contributed by atoms with Gasteiger partial charge in [0.05, 0.1) is 4.88 Å². The van der Waals surface area contributed by atoms with E-state index >= 15 is 0 Å². The van der Waals surface area contributed by atoms with Gasteiger partial charge in [0.25, 0.3) is 5.91 Å². The summed E-state index contributed by atoms with van der Waals surface area (Å²) < 4.78 is 0. The maximum Gasteiger partial charge on any atom is 0.345 e. The monoisotopic (exact) mass is 308 g/mol. The van der Waals surface area contributed by atoms with Gasteiger partial charge in [-0.05, 0) is 38.4 Å². The molecule has 1 amide bonds. The van der Waals surface area contributed by atoms with Gasteiger partial charge in [0.2, 0.25) is 0 Å². The molecular formula is C15H20N2O3S. The van der Waals surface area contributed by atoms with Crippen LogP contribution in [0.1, 0.15) is 45.5 Å². The van der Waals surface area contributed by atoms with Gasteiger partial charge in [-0.2, -0.15) is 0 Å². The predicted octanol–water partition coefficient (Wildman–Crippen LogP) is 2.15. The van der Waals surface area contributed by atoms with E-state index < -0.39 is 5.97 Å². The van der Waals surface area contributed by atoms with Crippen molar-refractivity contribution in [1.29, 1.82) is 0 Å². The van der Waals surface area contributed by atoms with E-state index in [0.717, 1.165) is 31.0 Å². The largest absolute Gasteiger partial charge is 0.477 e. The molecule has 21 heavy (non-hydrogen) atoms. The average molecular weight is 308 g/mol. The Morgan fingerprint density at radius 3 is 2.57 bits per heavy atom. The summed E-state index contributed by atoms with van der Waals surface area (Å²) in [4.78, 5) is 28.3. The van der Waals surface area contributed by atoms with Gasteiger partial charge >= 0.3 is 5.97 Å². The highest BCUT2D eigenvalue weighted by Gasteiger charge is 2.38. The molecule has 2 aliphatic heterocycles. The summed E-state index contributed by atoms with van der Waals surface area (Å²) in [6.45, 7) is 4.94. The molecule has 1 aromatic heterocycles. The number of nitrogens with zero attached hydrogens (tertiary/aromatic N) is 2. The lowest BCUT2D eigenvalue weighted by Crippen LogP contribution is -2.63. The van der Waals surface area contributed by atoms with E-state index in [-0.39, 0.29) is 10.8 Å². The molecule has 0 radical (unpaired) electrons. The van der Waals surface area contributed by atoms with Gasteiger partial charge in [-0.3, -0.25) is 9.69 Å². The van der Waals surface area contributed by atoms with Crippen LogP contribution in [-0.2, 0) is 0 Å². The van der Waals surface area contributed by atoms with Crippen LogP contribution in [0, 0.1) is 0 Å². The number of carboxylic acids is 1. The Bertz CT molecular complexity index is 551. The molecule has 2 aliphatic rings. The predicted molar refractivity (Wildman–Crippen MR) is 81.0 cm³/mol. The lowest BCUT2D eigenvalue weighted by atomic mass is 9.97. The average Bonchev–Trinajstić information content (AvgIpc) is 2.89. The second kappa shape index (κ2) is 5.77. The summed E-state index contributed by atoms with van der Waals surface area (Å²) in [5, 5.41) is 8.91. The van der Waals surface area contributed by atoms with Crippen LogP contribution in [0.15, 0.2) is 12.1 Å². The topological polar surface area (TPSA) is 60.9 Å². The minimum atomic E-state index is -0.970. The number of rotatable bonds is 3. The summed E-state index contributed by atoms with van der Waals surface area (Å²) in [5.41, 5.74) is 0. The fourth-order valence-electron chi connectivity index (χ4n) is 3.22. The normalized spacial score (nSPS) is 23.9. The Labute approximate surface area is 128 Å². The molecule has 2 fully saturated rings. The van der Waals surface area contributed by atoms with Crippen molar-refractivity contribution >= 4 is 23.2 Å². The number of hydrogen-bond donors (Lipinski definition) is 1. The number of piperidine rings is 1. The minimum Gasteiger partial charge on any atom is -0.477 e. The fourth-order valence-corrected chi connectivity index (χ4v) is 4.03. The molecule has 6 heteroatoms. The van der Waals surface area contributed by atoms with Crippen LogP contribution >= 0.6 is 11.3 Å². The quantitative estimate of drug-likeness (QED) is 0.929. The molecule has 3 rings (SSSR count). The van der Waals surface area contributed by atoms with Crippen LogP contribution in [0.3, 0.4) is 0 Å². The molecule has 1 N–H and O–H groups in total. The van der Waals surface area contributed by atoms with E-state index in [9.17, 15) is 9.59 Å². The molecule has 1 atom stereocenters. The zero-order valence-electron chi connectivity index (χ0n) is 12.1. The summed E-state index contributed by atoms with van der Waals surface area (Å²) >= 11 is 1.06. The van der Waals surface area contributed by atoms with Gasteiger partial charge in [0, 0.05) is 25.2 Å². The smallest absolute Gasteiger partial charge is 0.345 e. The van der Waals surface area contributed by atoms with Gasteiger partial charge in [0.15, 0.2) is 0 Å². The number of carboxylic acid groups (broad SMARTS) is 1. The van der Waals surface area contributed by atoms with Crippen molar-refractivity contribution in [1.82, 2.24) is 9.80 Å². The Balaban J connectivity index is 1.57. The third-order valence-electron chi connectivity index (χ3n) is 4.50. The summed E-state index contributed by atoms with van der Waals surface area (Å²) in [7, 11) is 0. The first kappa shape index (κ1) is 14.5. The highest BCUT2D eigenvalue weighted by molar-refractivity contribution is 7.15. The Hall–Kier alpha value is -1.40. The number of likely N-dealkylation sites (tertiary alicyclic amines) is 2. The van der Waals surface area contributed by atoms with Crippen molar-refractivity contribution in [2.24, 2.45) is 0 Å². The molecule has 0 aromatic carbocycles. The first-order chi connectivity index (χ1) is 10.1. The van der Waals surface area contributed by atoms with Crippen molar-refractivity contribution in [2.75, 3.05) is 19.6 Å². The van der Waals surface area contributed by atoms with Crippen molar-refractivity contribution in [3.63, 3.8) is 0 Å². The van der Waals surface area contributed by atoms with E-state index in [1.807, 2.05) is 4.90 Å². The van der Waals surface area contributed by atoms with Crippen LogP contribution in [0.5, 0.6) is 0 Å². The second-order valence-electron chi connectivity index (χ2n) is 5.92. The highest BCUT2D eigenvalue weighted by Crippen LogP contribution is 2.27. The number of amides is 1. The van der Waals surface area contributed by atoms with Crippen LogP contribution in [0.2, 0.25) is 0 Å². The second-order valence-corrected chi connectivity index (χ2v) is 7.00. The summed E-state index contributed by atoms with van der Waals surface area (Å²) in [5.74, 6) is -1.00. The number of thiophene rings is 1. The standard InChI is InChI=1S/C15H20N2O3S/c1-10-4-2-3-7-17(10)11-8-16(9-11)14(18)12-5-6-13(21-12)15(19)20/h5-6,10-11H,2-4,7-9H2,1H3,(H,19,20). The molecule has 114 valence electrons. The van der Waals surface area contributed by atoms with E-state index in [2.05, 4.69) is 11.8 Å². The van der Waals surface area contributed by atoms with E-state index in [1.54, 1.807) is 6.07 Å². The van der Waals surface area contributed by atoms with Gasteiger partial charge < -0.3 is 10.0 Å². The zero-order valence-corrected chi connectivity index (χ0v) is 12.9.